The van der Waals surface area contributed by atoms with Crippen LogP contribution in [0.2, 0.25) is 0 Å². The monoisotopic (exact) mass is 336 g/mol. The summed E-state index contributed by atoms with van der Waals surface area (Å²) in [6.07, 6.45) is -4.86. The number of rotatable bonds is 1. The molecular weight excluding hydrogens is 317 g/mol. The van der Waals surface area contributed by atoms with E-state index in [9.17, 15) is 18.0 Å². The topological polar surface area (TPSA) is 41.6 Å². The zero-order valence-corrected chi connectivity index (χ0v) is 13.5. The molecule has 4 nitrogen and oxygen atoms in total. The lowest BCUT2D eigenvalue weighted by molar-refractivity contribution is -0.134. The van der Waals surface area contributed by atoms with Gasteiger partial charge in [0.05, 0.1) is 6.04 Å². The normalized spacial score (nSPS) is 20.1. The maximum Gasteiger partial charge on any atom is 0.425 e. The van der Waals surface area contributed by atoms with Crippen LogP contribution in [-0.4, -0.2) is 36.2 Å². The van der Waals surface area contributed by atoms with Crippen LogP contribution in [0.15, 0.2) is 12.1 Å². The first kappa shape index (κ1) is 17.1. The number of carbonyl (C=O) groups is 1. The van der Waals surface area contributed by atoms with Crippen LogP contribution in [0, 0.1) is 0 Å². The molecule has 124 valence electrons. The quantitative estimate of drug-likeness (QED) is 0.851. The third-order valence-corrected chi connectivity index (χ3v) is 4.34. The largest absolute Gasteiger partial charge is 0.444 e. The predicted molar refractivity (Wildman–Crippen MR) is 77.9 cm³/mol. The number of hydrogen-bond acceptors (Lipinski definition) is 4. The number of halogens is 3. The maximum atomic E-state index is 12.7. The number of carbonyl (C=O) groups excluding carboxylic acids is 1. The Morgan fingerprint density at radius 1 is 1.36 bits per heavy atom. The highest BCUT2D eigenvalue weighted by Gasteiger charge is 2.36. The van der Waals surface area contributed by atoms with Crippen molar-refractivity contribution in [1.29, 1.82) is 0 Å². The number of nitrogens with one attached hydrogen (secondary N) is 1. The Hall–Kier alpha value is -1.28. The van der Waals surface area contributed by atoms with Crippen molar-refractivity contribution >= 4 is 17.4 Å². The van der Waals surface area contributed by atoms with Crippen molar-refractivity contribution in [3.05, 3.63) is 21.9 Å². The fourth-order valence-electron chi connectivity index (χ4n) is 2.18. The van der Waals surface area contributed by atoms with E-state index < -0.39 is 28.8 Å². The van der Waals surface area contributed by atoms with E-state index in [0.717, 1.165) is 6.07 Å². The smallest absolute Gasteiger partial charge is 0.425 e. The second kappa shape index (κ2) is 6.08. The molecule has 8 heteroatoms. The molecule has 1 atom stereocenters. The number of ether oxygens (including phenoxy) is 1. The van der Waals surface area contributed by atoms with Gasteiger partial charge in [-0.2, -0.15) is 13.2 Å². The van der Waals surface area contributed by atoms with E-state index in [1.165, 1.54) is 11.0 Å². The molecule has 1 aromatic rings. The van der Waals surface area contributed by atoms with Crippen LogP contribution in [0.4, 0.5) is 18.0 Å². The summed E-state index contributed by atoms with van der Waals surface area (Å²) >= 11 is 0.671. The van der Waals surface area contributed by atoms with Gasteiger partial charge in [-0.1, -0.05) is 0 Å². The highest BCUT2D eigenvalue weighted by atomic mass is 32.1. The number of nitrogens with zero attached hydrogens (tertiary/aromatic N) is 1. The Morgan fingerprint density at radius 2 is 2.05 bits per heavy atom. The molecule has 1 saturated heterocycles. The van der Waals surface area contributed by atoms with Gasteiger partial charge in [-0.25, -0.2) is 4.79 Å². The third kappa shape index (κ3) is 4.13. The standard InChI is InChI=1S/C14H19F3N2O2S/c1-13(2,3)21-12(20)19-7-6-18-8-9(19)10-4-5-11(22-10)14(15,16)17/h4-5,9,18H,6-8H2,1-3H3. The van der Waals surface area contributed by atoms with Gasteiger partial charge < -0.3 is 10.1 Å². The fourth-order valence-corrected chi connectivity index (χ4v) is 3.17. The predicted octanol–water partition coefficient (Wildman–Crippen LogP) is 3.65. The van der Waals surface area contributed by atoms with Crippen LogP contribution >= 0.6 is 11.3 Å². The highest BCUT2D eigenvalue weighted by Crippen LogP contribution is 2.38. The minimum Gasteiger partial charge on any atom is -0.444 e. The lowest BCUT2D eigenvalue weighted by Gasteiger charge is -2.36. The van der Waals surface area contributed by atoms with Gasteiger partial charge in [0.1, 0.15) is 10.5 Å². The Morgan fingerprint density at radius 3 is 2.59 bits per heavy atom. The van der Waals surface area contributed by atoms with Crippen molar-refractivity contribution in [2.24, 2.45) is 0 Å². The number of thiophene rings is 1. The zero-order valence-electron chi connectivity index (χ0n) is 12.7. The average molecular weight is 336 g/mol. The van der Waals surface area contributed by atoms with Crippen molar-refractivity contribution < 1.29 is 22.7 Å². The molecule has 0 spiro atoms. The summed E-state index contributed by atoms with van der Waals surface area (Å²) < 4.78 is 43.6. The van der Waals surface area contributed by atoms with Gasteiger partial charge in [0.25, 0.3) is 0 Å². The van der Waals surface area contributed by atoms with E-state index in [1.807, 2.05) is 0 Å². The molecule has 0 aliphatic carbocycles. The molecule has 0 aromatic carbocycles. The van der Waals surface area contributed by atoms with Gasteiger partial charge in [0.2, 0.25) is 0 Å². The molecule has 1 amide bonds. The molecule has 1 unspecified atom stereocenters. The van der Waals surface area contributed by atoms with Crippen molar-refractivity contribution in [2.45, 2.75) is 38.6 Å². The molecule has 1 aromatic heterocycles. The lowest BCUT2D eigenvalue weighted by atomic mass is 10.1. The van der Waals surface area contributed by atoms with E-state index in [4.69, 9.17) is 4.74 Å². The van der Waals surface area contributed by atoms with Crippen molar-refractivity contribution in [3.63, 3.8) is 0 Å². The first-order valence-electron chi connectivity index (χ1n) is 6.95. The molecule has 0 saturated carbocycles. The Labute approximate surface area is 131 Å². The molecule has 1 aliphatic heterocycles. The number of alkyl halides is 3. The van der Waals surface area contributed by atoms with Gasteiger partial charge >= 0.3 is 12.3 Å². The van der Waals surface area contributed by atoms with Crippen LogP contribution in [0.3, 0.4) is 0 Å². The molecule has 1 aliphatic rings. The van der Waals surface area contributed by atoms with Gasteiger partial charge in [-0.05, 0) is 32.9 Å². The van der Waals surface area contributed by atoms with E-state index in [1.54, 1.807) is 20.8 Å². The zero-order chi connectivity index (χ0) is 16.5. The molecule has 0 radical (unpaired) electrons. The summed E-state index contributed by atoms with van der Waals surface area (Å²) in [5, 5.41) is 3.10. The summed E-state index contributed by atoms with van der Waals surface area (Å²) in [4.78, 5) is 13.6. The van der Waals surface area contributed by atoms with E-state index in [0.29, 0.717) is 35.8 Å². The second-order valence-electron chi connectivity index (χ2n) is 6.09. The molecule has 2 heterocycles. The maximum absolute atomic E-state index is 12.7. The van der Waals surface area contributed by atoms with Crippen LogP contribution in [0.5, 0.6) is 0 Å². The van der Waals surface area contributed by atoms with E-state index >= 15 is 0 Å². The van der Waals surface area contributed by atoms with Crippen molar-refractivity contribution in [2.75, 3.05) is 19.6 Å². The summed E-state index contributed by atoms with van der Waals surface area (Å²) in [6.45, 7) is 6.68. The van der Waals surface area contributed by atoms with Crippen LogP contribution in [0.25, 0.3) is 0 Å². The first-order valence-corrected chi connectivity index (χ1v) is 7.77. The third-order valence-electron chi connectivity index (χ3n) is 3.11. The summed E-state index contributed by atoms with van der Waals surface area (Å²) in [6, 6.07) is 2.05. The van der Waals surface area contributed by atoms with Crippen molar-refractivity contribution in [3.8, 4) is 0 Å². The summed E-state index contributed by atoms with van der Waals surface area (Å²) in [5.74, 6) is 0. The number of amides is 1. The van der Waals surface area contributed by atoms with E-state index in [2.05, 4.69) is 5.32 Å². The molecule has 22 heavy (non-hydrogen) atoms. The van der Waals surface area contributed by atoms with Crippen LogP contribution in [-0.2, 0) is 10.9 Å². The van der Waals surface area contributed by atoms with Gasteiger partial charge in [0, 0.05) is 24.5 Å². The second-order valence-corrected chi connectivity index (χ2v) is 7.21. The van der Waals surface area contributed by atoms with Gasteiger partial charge in [0.15, 0.2) is 0 Å². The molecular formula is C14H19F3N2O2S. The molecule has 1 N–H and O–H groups in total. The number of hydrogen-bond donors (Lipinski definition) is 1. The average Bonchev–Trinajstić information content (AvgIpc) is 2.86. The van der Waals surface area contributed by atoms with Crippen LogP contribution < -0.4 is 5.32 Å². The molecule has 0 bridgehead atoms. The van der Waals surface area contributed by atoms with Gasteiger partial charge in [-0.3, -0.25) is 4.90 Å². The lowest BCUT2D eigenvalue weighted by Crippen LogP contribution is -2.49. The summed E-state index contributed by atoms with van der Waals surface area (Å²) in [5.41, 5.74) is -0.640. The first-order chi connectivity index (χ1) is 10.1. The fraction of sp³-hybridized carbons (Fsp3) is 0.643. The van der Waals surface area contributed by atoms with Crippen molar-refractivity contribution in [1.82, 2.24) is 10.2 Å². The molecule has 2 rings (SSSR count). The minimum absolute atomic E-state index is 0.402. The Kier molecular flexibility index (Phi) is 4.72. The Bertz CT molecular complexity index is 537. The SMILES string of the molecule is CC(C)(C)OC(=O)N1CCNCC1c1ccc(C(F)(F)F)s1. The van der Waals surface area contributed by atoms with Crippen LogP contribution in [0.1, 0.15) is 36.6 Å². The minimum atomic E-state index is -4.36. The summed E-state index contributed by atoms with van der Waals surface area (Å²) in [7, 11) is 0. The number of piperazine rings is 1. The molecule has 1 fully saturated rings. The van der Waals surface area contributed by atoms with Gasteiger partial charge in [-0.15, -0.1) is 11.3 Å². The van der Waals surface area contributed by atoms with E-state index in [-0.39, 0.29) is 0 Å². The Balaban J connectivity index is 2.19. The highest BCUT2D eigenvalue weighted by molar-refractivity contribution is 7.12.